The fraction of sp³-hybridized carbons (Fsp3) is 0. The fourth-order valence-corrected chi connectivity index (χ4v) is 0. The Morgan fingerprint density at radius 3 is 1.22 bits per heavy atom. The first kappa shape index (κ1) is 16.3. The van der Waals surface area contributed by atoms with Crippen LogP contribution in [0.5, 0.6) is 0 Å². The zero-order chi connectivity index (χ0) is 7.21. The second-order valence-electron chi connectivity index (χ2n) is 0.763. The van der Waals surface area contributed by atoms with Crippen LogP contribution in [0, 0.1) is 0 Å². The fourth-order valence-electron chi connectivity index (χ4n) is 0. The van der Waals surface area contributed by atoms with Crippen LogP contribution in [0.3, 0.4) is 0 Å². The van der Waals surface area contributed by atoms with Gasteiger partial charge in [-0.15, -0.1) is 5.73 Å². The Balaban J connectivity index is -0.0000000800. The molecule has 0 aromatic rings. The van der Waals surface area contributed by atoms with Crippen LogP contribution in [0.2, 0.25) is 0 Å². The molecule has 0 radical (unpaired) electrons. The number of hydrogen-bond donors (Lipinski definition) is 3. The van der Waals surface area contributed by atoms with E-state index >= 15 is 0 Å². The molecule has 0 aliphatic heterocycles. The van der Waals surface area contributed by atoms with E-state index in [0.717, 1.165) is 0 Å². The van der Waals surface area contributed by atoms with Crippen molar-refractivity contribution in [2.45, 2.75) is 0 Å². The molecule has 0 aliphatic carbocycles. The maximum atomic E-state index is 8.88. The van der Waals surface area contributed by atoms with E-state index in [2.05, 4.69) is 18.9 Å². The van der Waals surface area contributed by atoms with Crippen molar-refractivity contribution in [1.29, 1.82) is 0 Å². The Hall–Kier alpha value is 0.630. The molecular formula is C3H8NaO4P. The Labute approximate surface area is 75.4 Å². The molecule has 0 aromatic carbocycles. The Morgan fingerprint density at radius 2 is 1.22 bits per heavy atom. The Kier molecular flexibility index (Phi) is 15.6. The molecule has 3 N–H and O–H groups in total. The van der Waals surface area contributed by atoms with Crippen LogP contribution in [0.25, 0.3) is 0 Å². The second kappa shape index (κ2) is 8.63. The van der Waals surface area contributed by atoms with Crippen LogP contribution in [-0.4, -0.2) is 44.2 Å². The molecule has 50 valence electrons. The standard InChI is InChI=1S/C3H4.Na.H3O4P.H/c1-3-2;;1-5(2,3)4;/h1-2H2;;(H3,1,2,3,4);. The molecule has 0 saturated carbocycles. The summed E-state index contributed by atoms with van der Waals surface area (Å²) in [4.78, 5) is 21.6. The normalized spacial score (nSPS) is 7.44. The van der Waals surface area contributed by atoms with E-state index in [9.17, 15) is 0 Å². The molecule has 0 fully saturated rings. The SMILES string of the molecule is C=C=C.O=P(O)(O)O.[NaH]. The van der Waals surface area contributed by atoms with Crippen molar-refractivity contribution < 1.29 is 19.2 Å². The second-order valence-corrected chi connectivity index (χ2v) is 1.79. The third-order valence-electron chi connectivity index (χ3n) is 0. The van der Waals surface area contributed by atoms with Gasteiger partial charge in [0.2, 0.25) is 0 Å². The quantitative estimate of drug-likeness (QED) is 0.252. The molecule has 0 rings (SSSR count). The van der Waals surface area contributed by atoms with Crippen molar-refractivity contribution in [1.82, 2.24) is 0 Å². The molecule has 0 amide bonds. The van der Waals surface area contributed by atoms with Crippen molar-refractivity contribution in [2.75, 3.05) is 0 Å². The maximum absolute atomic E-state index is 8.88. The summed E-state index contributed by atoms with van der Waals surface area (Å²) in [6.07, 6.45) is 0. The molecule has 9 heavy (non-hydrogen) atoms. The number of phosphoric acid groups is 1. The molecule has 0 aromatic heterocycles. The van der Waals surface area contributed by atoms with Gasteiger partial charge < -0.3 is 14.7 Å². The first-order valence-corrected chi connectivity index (χ1v) is 3.05. The number of hydrogen-bond acceptors (Lipinski definition) is 1. The number of rotatable bonds is 0. The van der Waals surface area contributed by atoms with Gasteiger partial charge in [0, 0.05) is 0 Å². The summed E-state index contributed by atoms with van der Waals surface area (Å²) in [5, 5.41) is 0. The monoisotopic (exact) mass is 162 g/mol. The Morgan fingerprint density at radius 1 is 1.22 bits per heavy atom. The average molecular weight is 162 g/mol. The molecule has 0 unspecified atom stereocenters. The van der Waals surface area contributed by atoms with Gasteiger partial charge in [-0.25, -0.2) is 4.57 Å². The van der Waals surface area contributed by atoms with E-state index < -0.39 is 7.82 Å². The summed E-state index contributed by atoms with van der Waals surface area (Å²) in [5.74, 6) is 0. The summed E-state index contributed by atoms with van der Waals surface area (Å²) >= 11 is 0. The van der Waals surface area contributed by atoms with Gasteiger partial charge in [-0.2, -0.15) is 0 Å². The predicted octanol–water partition coefficient (Wildman–Crippen LogP) is -0.620. The minimum atomic E-state index is -4.64. The van der Waals surface area contributed by atoms with Crippen molar-refractivity contribution >= 4 is 37.4 Å². The summed E-state index contributed by atoms with van der Waals surface area (Å²) < 4.78 is 8.88. The van der Waals surface area contributed by atoms with Gasteiger partial charge in [0.15, 0.2) is 0 Å². The van der Waals surface area contributed by atoms with E-state index in [4.69, 9.17) is 19.2 Å². The van der Waals surface area contributed by atoms with E-state index in [1.54, 1.807) is 0 Å². The van der Waals surface area contributed by atoms with Crippen LogP contribution >= 0.6 is 7.82 Å². The van der Waals surface area contributed by atoms with Gasteiger partial charge in [-0.05, 0) is 0 Å². The molecule has 0 bridgehead atoms. The van der Waals surface area contributed by atoms with Gasteiger partial charge >= 0.3 is 37.4 Å². The van der Waals surface area contributed by atoms with Gasteiger partial charge in [0.1, 0.15) is 0 Å². The Bertz CT molecular complexity index is 114. The van der Waals surface area contributed by atoms with E-state index in [1.807, 2.05) is 0 Å². The molecule has 0 atom stereocenters. The first-order chi connectivity index (χ1) is 3.41. The molecule has 4 nitrogen and oxygen atoms in total. The predicted molar refractivity (Wildman–Crippen MR) is 36.2 cm³/mol. The van der Waals surface area contributed by atoms with Crippen LogP contribution in [0.1, 0.15) is 0 Å². The summed E-state index contributed by atoms with van der Waals surface area (Å²) in [7, 11) is -4.64. The van der Waals surface area contributed by atoms with E-state index in [0.29, 0.717) is 0 Å². The topological polar surface area (TPSA) is 77.8 Å². The van der Waals surface area contributed by atoms with Crippen LogP contribution in [-0.2, 0) is 4.57 Å². The van der Waals surface area contributed by atoms with Crippen molar-refractivity contribution in [3.05, 3.63) is 18.9 Å². The zero-order valence-electron chi connectivity index (χ0n) is 4.11. The van der Waals surface area contributed by atoms with Gasteiger partial charge in [-0.1, -0.05) is 13.2 Å². The van der Waals surface area contributed by atoms with Gasteiger partial charge in [0.05, 0.1) is 0 Å². The zero-order valence-corrected chi connectivity index (χ0v) is 5.01. The van der Waals surface area contributed by atoms with Crippen LogP contribution in [0.4, 0.5) is 0 Å². The first-order valence-electron chi connectivity index (χ1n) is 1.49. The molecule has 6 heteroatoms. The third-order valence-corrected chi connectivity index (χ3v) is 0. The van der Waals surface area contributed by atoms with Crippen LogP contribution in [0.15, 0.2) is 18.9 Å². The average Bonchev–Trinajstić information content (AvgIpc) is 1.27. The summed E-state index contributed by atoms with van der Waals surface area (Å²) in [6, 6.07) is 0. The van der Waals surface area contributed by atoms with Crippen LogP contribution < -0.4 is 0 Å². The molecule has 0 spiro atoms. The van der Waals surface area contributed by atoms with Crippen molar-refractivity contribution in [2.24, 2.45) is 0 Å². The molecule has 0 heterocycles. The minimum absolute atomic E-state index is 0. The van der Waals surface area contributed by atoms with E-state index in [-0.39, 0.29) is 29.6 Å². The van der Waals surface area contributed by atoms with Gasteiger partial charge in [-0.3, -0.25) is 0 Å². The molecule has 0 saturated heterocycles. The van der Waals surface area contributed by atoms with Crippen molar-refractivity contribution in [3.63, 3.8) is 0 Å². The summed E-state index contributed by atoms with van der Waals surface area (Å²) in [5.41, 5.74) is 2.25. The third kappa shape index (κ3) is 956. The summed E-state index contributed by atoms with van der Waals surface area (Å²) in [6.45, 7) is 6.25. The molecule has 0 aliphatic rings. The van der Waals surface area contributed by atoms with Crippen molar-refractivity contribution in [3.8, 4) is 0 Å². The van der Waals surface area contributed by atoms with Gasteiger partial charge in [0.25, 0.3) is 0 Å². The van der Waals surface area contributed by atoms with E-state index in [1.165, 1.54) is 0 Å². The molecular weight excluding hydrogens is 154 g/mol.